The number of hydrogen-bond donors (Lipinski definition) is 1. The summed E-state index contributed by atoms with van der Waals surface area (Å²) in [6.07, 6.45) is 2.47. The average Bonchev–Trinajstić information content (AvgIpc) is 3.01. The van der Waals surface area contributed by atoms with E-state index in [0.29, 0.717) is 24.5 Å². The van der Waals surface area contributed by atoms with Gasteiger partial charge in [0.05, 0.1) is 17.7 Å². The normalized spacial score (nSPS) is 11.6. The van der Waals surface area contributed by atoms with Crippen molar-refractivity contribution >= 4 is 6.03 Å². The van der Waals surface area contributed by atoms with Crippen molar-refractivity contribution in [2.75, 3.05) is 6.54 Å². The molecule has 7 heteroatoms. The van der Waals surface area contributed by atoms with Gasteiger partial charge in [-0.1, -0.05) is 19.1 Å². The Labute approximate surface area is 141 Å². The highest BCUT2D eigenvalue weighted by molar-refractivity contribution is 5.74. The largest absolute Gasteiger partial charge is 0.328 e. The monoisotopic (exact) mass is 326 g/mol. The number of urea groups is 1. The zero-order valence-electron chi connectivity index (χ0n) is 14.2. The molecule has 1 heterocycles. The lowest BCUT2D eigenvalue weighted by molar-refractivity contribution is 0.191. The minimum Gasteiger partial charge on any atom is -0.328 e. The molecule has 2 amide bonds. The molecular weight excluding hydrogens is 304 g/mol. The highest BCUT2D eigenvalue weighted by Gasteiger charge is 2.19. The second kappa shape index (κ2) is 8.11. The minimum atomic E-state index is -0.231. The number of aryl methyl sites for hydroxylation is 1. The Balaban J connectivity index is 2.04. The van der Waals surface area contributed by atoms with Crippen molar-refractivity contribution < 1.29 is 4.79 Å². The standard InChI is InChI=1S/C17H22N6O/c1-4-9-23(11-15-7-5-14(10-18)6-8-15)17(24)20-13(2)16-21-19-12-22(16)3/h5-8,12-13H,4,9,11H2,1-3H3,(H,20,24)/t13-/m1/s1. The SMILES string of the molecule is CCCN(Cc1ccc(C#N)cc1)C(=O)N[C@H](C)c1nncn1C. The van der Waals surface area contributed by atoms with E-state index in [1.165, 1.54) is 0 Å². The van der Waals surface area contributed by atoms with Crippen molar-refractivity contribution in [1.82, 2.24) is 25.0 Å². The number of aromatic nitrogens is 3. The molecule has 126 valence electrons. The molecule has 2 aromatic rings. The Morgan fingerprint density at radius 2 is 2.12 bits per heavy atom. The first-order valence-electron chi connectivity index (χ1n) is 7.93. The first-order chi connectivity index (χ1) is 11.5. The molecule has 0 aliphatic carbocycles. The van der Waals surface area contributed by atoms with Crippen LogP contribution in [0.1, 0.15) is 43.3 Å². The van der Waals surface area contributed by atoms with Gasteiger partial charge in [-0.25, -0.2) is 4.79 Å². The van der Waals surface area contributed by atoms with Gasteiger partial charge in [-0.3, -0.25) is 0 Å². The lowest BCUT2D eigenvalue weighted by Crippen LogP contribution is -2.41. The van der Waals surface area contributed by atoms with Crippen LogP contribution in [0.15, 0.2) is 30.6 Å². The second-order valence-corrected chi connectivity index (χ2v) is 5.70. The van der Waals surface area contributed by atoms with Crippen LogP contribution < -0.4 is 5.32 Å². The van der Waals surface area contributed by atoms with Gasteiger partial charge in [0.1, 0.15) is 6.33 Å². The summed E-state index contributed by atoms with van der Waals surface area (Å²) >= 11 is 0. The summed E-state index contributed by atoms with van der Waals surface area (Å²) in [7, 11) is 1.85. The van der Waals surface area contributed by atoms with Crippen LogP contribution in [0.4, 0.5) is 4.79 Å². The van der Waals surface area contributed by atoms with Gasteiger partial charge in [0.2, 0.25) is 0 Å². The fraction of sp³-hybridized carbons (Fsp3) is 0.412. The van der Waals surface area contributed by atoms with Crippen molar-refractivity contribution in [3.63, 3.8) is 0 Å². The van der Waals surface area contributed by atoms with E-state index in [0.717, 1.165) is 12.0 Å². The zero-order valence-corrected chi connectivity index (χ0v) is 14.2. The van der Waals surface area contributed by atoms with E-state index in [-0.39, 0.29) is 12.1 Å². The third kappa shape index (κ3) is 4.32. The van der Waals surface area contributed by atoms with Crippen molar-refractivity contribution in [2.45, 2.75) is 32.9 Å². The van der Waals surface area contributed by atoms with Gasteiger partial charge in [0, 0.05) is 20.1 Å². The van der Waals surface area contributed by atoms with Gasteiger partial charge in [0.25, 0.3) is 0 Å². The summed E-state index contributed by atoms with van der Waals surface area (Å²) in [6.45, 7) is 5.06. The molecule has 1 N–H and O–H groups in total. The average molecular weight is 326 g/mol. The number of hydrogen-bond acceptors (Lipinski definition) is 4. The highest BCUT2D eigenvalue weighted by atomic mass is 16.2. The van der Waals surface area contributed by atoms with Crippen LogP contribution in [0.5, 0.6) is 0 Å². The molecule has 2 rings (SSSR count). The van der Waals surface area contributed by atoms with Gasteiger partial charge in [-0.2, -0.15) is 5.26 Å². The molecule has 0 saturated carbocycles. The summed E-state index contributed by atoms with van der Waals surface area (Å²) in [6, 6.07) is 9.00. The predicted molar refractivity (Wildman–Crippen MR) is 89.8 cm³/mol. The number of carbonyl (C=O) groups is 1. The Morgan fingerprint density at radius 3 is 2.67 bits per heavy atom. The molecule has 1 aromatic carbocycles. The maximum atomic E-state index is 12.6. The number of nitriles is 1. The first-order valence-corrected chi connectivity index (χ1v) is 7.93. The van der Waals surface area contributed by atoms with Gasteiger partial charge >= 0.3 is 6.03 Å². The number of carbonyl (C=O) groups excluding carboxylic acids is 1. The molecule has 7 nitrogen and oxygen atoms in total. The Hall–Kier alpha value is -2.88. The van der Waals surface area contributed by atoms with Crippen LogP contribution in [-0.2, 0) is 13.6 Å². The van der Waals surface area contributed by atoms with Crippen LogP contribution in [0, 0.1) is 11.3 Å². The predicted octanol–water partition coefficient (Wildman–Crippen LogP) is 2.37. The van der Waals surface area contributed by atoms with E-state index in [4.69, 9.17) is 5.26 Å². The maximum absolute atomic E-state index is 12.6. The highest BCUT2D eigenvalue weighted by Crippen LogP contribution is 2.11. The van der Waals surface area contributed by atoms with Crippen LogP contribution in [0.3, 0.4) is 0 Å². The van der Waals surface area contributed by atoms with E-state index in [9.17, 15) is 4.79 Å². The van der Waals surface area contributed by atoms with E-state index < -0.39 is 0 Å². The number of benzene rings is 1. The molecule has 0 fully saturated rings. The summed E-state index contributed by atoms with van der Waals surface area (Å²) in [4.78, 5) is 14.3. The molecule has 1 aromatic heterocycles. The van der Waals surface area contributed by atoms with E-state index in [1.54, 1.807) is 27.9 Å². The minimum absolute atomic E-state index is 0.142. The molecule has 0 aliphatic heterocycles. The van der Waals surface area contributed by atoms with Crippen LogP contribution in [0.2, 0.25) is 0 Å². The number of nitrogens with zero attached hydrogens (tertiary/aromatic N) is 5. The molecule has 0 bridgehead atoms. The Bertz CT molecular complexity index is 715. The topological polar surface area (TPSA) is 86.8 Å². The number of nitrogens with one attached hydrogen (secondary N) is 1. The van der Waals surface area contributed by atoms with Gasteiger partial charge < -0.3 is 14.8 Å². The molecular formula is C17H22N6O. The fourth-order valence-electron chi connectivity index (χ4n) is 2.45. The summed E-state index contributed by atoms with van der Waals surface area (Å²) in [5.41, 5.74) is 1.60. The van der Waals surface area contributed by atoms with Crippen LogP contribution >= 0.6 is 0 Å². The third-order valence-corrected chi connectivity index (χ3v) is 3.71. The first kappa shape index (κ1) is 17.5. The molecule has 0 saturated heterocycles. The van der Waals surface area contributed by atoms with Gasteiger partial charge in [-0.05, 0) is 31.0 Å². The van der Waals surface area contributed by atoms with Crippen LogP contribution in [0.25, 0.3) is 0 Å². The number of amides is 2. The lowest BCUT2D eigenvalue weighted by Gasteiger charge is -2.24. The molecule has 0 aliphatic rings. The summed E-state index contributed by atoms with van der Waals surface area (Å²) in [5, 5.41) is 19.7. The Kier molecular flexibility index (Phi) is 5.90. The van der Waals surface area contributed by atoms with E-state index >= 15 is 0 Å². The lowest BCUT2D eigenvalue weighted by atomic mass is 10.1. The van der Waals surface area contributed by atoms with E-state index in [1.807, 2.05) is 33.0 Å². The van der Waals surface area contributed by atoms with Crippen LogP contribution in [-0.4, -0.2) is 32.2 Å². The number of rotatable bonds is 6. The van der Waals surface area contributed by atoms with E-state index in [2.05, 4.69) is 21.6 Å². The van der Waals surface area contributed by atoms with Gasteiger partial charge in [-0.15, -0.1) is 10.2 Å². The molecule has 1 atom stereocenters. The van der Waals surface area contributed by atoms with Crippen molar-refractivity contribution in [3.05, 3.63) is 47.5 Å². The smallest absolute Gasteiger partial charge is 0.318 e. The van der Waals surface area contributed by atoms with Crippen molar-refractivity contribution in [2.24, 2.45) is 7.05 Å². The summed E-state index contributed by atoms with van der Waals surface area (Å²) in [5.74, 6) is 0.707. The summed E-state index contributed by atoms with van der Waals surface area (Å²) < 4.78 is 1.79. The van der Waals surface area contributed by atoms with Gasteiger partial charge in [0.15, 0.2) is 5.82 Å². The maximum Gasteiger partial charge on any atom is 0.318 e. The molecule has 0 spiro atoms. The molecule has 24 heavy (non-hydrogen) atoms. The molecule has 0 radical (unpaired) electrons. The third-order valence-electron chi connectivity index (χ3n) is 3.71. The molecule has 0 unspecified atom stereocenters. The Morgan fingerprint density at radius 1 is 1.42 bits per heavy atom. The van der Waals surface area contributed by atoms with Crippen molar-refractivity contribution in [3.8, 4) is 6.07 Å². The quantitative estimate of drug-likeness (QED) is 0.883. The fourth-order valence-corrected chi connectivity index (χ4v) is 2.45. The second-order valence-electron chi connectivity index (χ2n) is 5.70. The van der Waals surface area contributed by atoms with Crippen molar-refractivity contribution in [1.29, 1.82) is 5.26 Å². The zero-order chi connectivity index (χ0) is 17.5.